The number of likely N-dealkylation sites (N-methyl/N-ethyl adjacent to an activating group) is 1. The lowest BCUT2D eigenvalue weighted by Crippen LogP contribution is -2.32. The molecular weight excluding hydrogens is 240 g/mol. The number of esters is 1. The highest BCUT2D eigenvalue weighted by Gasteiger charge is 2.01. The molecule has 0 aliphatic heterocycles. The molecule has 0 aliphatic rings. The van der Waals surface area contributed by atoms with Gasteiger partial charge in [0.2, 0.25) is 0 Å². The van der Waals surface area contributed by atoms with Crippen molar-refractivity contribution >= 4 is 5.97 Å². The Hall–Kier alpha value is -0.610. The summed E-state index contributed by atoms with van der Waals surface area (Å²) in [4.78, 5) is 13.6. The molecule has 0 aromatic carbocycles. The fourth-order valence-corrected chi connectivity index (χ4v) is 2.04. The normalized spacial score (nSPS) is 10.9. The quantitative estimate of drug-likeness (QED) is 0.413. The van der Waals surface area contributed by atoms with Crippen molar-refractivity contribution in [2.24, 2.45) is 0 Å². The molecule has 0 spiro atoms. The van der Waals surface area contributed by atoms with Gasteiger partial charge in [0, 0.05) is 19.5 Å². The van der Waals surface area contributed by atoms with E-state index in [4.69, 9.17) is 4.74 Å². The van der Waals surface area contributed by atoms with Crippen LogP contribution in [0.2, 0.25) is 0 Å². The Morgan fingerprint density at radius 2 is 1.84 bits per heavy atom. The summed E-state index contributed by atoms with van der Waals surface area (Å²) in [5.41, 5.74) is 0. The molecular formula is C15H32N2O2. The van der Waals surface area contributed by atoms with Crippen LogP contribution in [0, 0.1) is 0 Å². The standard InChI is InChI=1S/C15H32N2O2/c1-4-13-17(5-2)14-12-16-11-9-7-8-10-15(18)19-6-3/h16H,4-14H2,1-3H3. The number of hydrogen-bond donors (Lipinski definition) is 1. The van der Waals surface area contributed by atoms with E-state index in [-0.39, 0.29) is 5.97 Å². The van der Waals surface area contributed by atoms with Crippen molar-refractivity contribution in [3.63, 3.8) is 0 Å². The molecule has 1 N–H and O–H groups in total. The van der Waals surface area contributed by atoms with E-state index in [2.05, 4.69) is 24.1 Å². The number of rotatable bonds is 13. The third-order valence-corrected chi connectivity index (χ3v) is 3.13. The lowest BCUT2D eigenvalue weighted by molar-refractivity contribution is -0.143. The molecule has 0 unspecified atom stereocenters. The molecule has 0 aromatic rings. The first-order valence-corrected chi connectivity index (χ1v) is 7.83. The van der Waals surface area contributed by atoms with Crippen LogP contribution in [-0.2, 0) is 9.53 Å². The zero-order chi connectivity index (χ0) is 14.3. The Balaban J connectivity index is 3.24. The summed E-state index contributed by atoms with van der Waals surface area (Å²) in [5, 5.41) is 3.46. The van der Waals surface area contributed by atoms with Crippen LogP contribution in [0.1, 0.15) is 52.9 Å². The Morgan fingerprint density at radius 3 is 2.47 bits per heavy atom. The van der Waals surface area contributed by atoms with Crippen LogP contribution in [-0.4, -0.2) is 50.2 Å². The van der Waals surface area contributed by atoms with Crippen LogP contribution >= 0.6 is 0 Å². The van der Waals surface area contributed by atoms with Crippen LogP contribution in [0.15, 0.2) is 0 Å². The van der Waals surface area contributed by atoms with Crippen LogP contribution < -0.4 is 5.32 Å². The Kier molecular flexibility index (Phi) is 13.4. The molecule has 0 atom stereocenters. The fraction of sp³-hybridized carbons (Fsp3) is 0.933. The topological polar surface area (TPSA) is 41.6 Å². The summed E-state index contributed by atoms with van der Waals surface area (Å²) >= 11 is 0. The highest BCUT2D eigenvalue weighted by atomic mass is 16.5. The van der Waals surface area contributed by atoms with E-state index in [0.29, 0.717) is 13.0 Å². The van der Waals surface area contributed by atoms with Crippen LogP contribution in [0.5, 0.6) is 0 Å². The molecule has 19 heavy (non-hydrogen) atoms. The number of hydrogen-bond acceptors (Lipinski definition) is 4. The Morgan fingerprint density at radius 1 is 1.05 bits per heavy atom. The first kappa shape index (κ1) is 18.4. The SMILES string of the molecule is CCCN(CC)CCNCCCCCC(=O)OCC. The Labute approximate surface area is 118 Å². The van der Waals surface area contributed by atoms with Gasteiger partial charge in [-0.3, -0.25) is 4.79 Å². The first-order chi connectivity index (χ1) is 9.24. The summed E-state index contributed by atoms with van der Waals surface area (Å²) in [7, 11) is 0. The molecule has 0 bridgehead atoms. The molecule has 4 heteroatoms. The molecule has 0 rings (SSSR count). The number of ether oxygens (including phenoxy) is 1. The monoisotopic (exact) mass is 272 g/mol. The van der Waals surface area contributed by atoms with Gasteiger partial charge in [-0.2, -0.15) is 0 Å². The van der Waals surface area contributed by atoms with E-state index in [0.717, 1.165) is 45.4 Å². The molecule has 0 saturated heterocycles. The maximum absolute atomic E-state index is 11.1. The number of carbonyl (C=O) groups is 1. The smallest absolute Gasteiger partial charge is 0.305 e. The van der Waals surface area contributed by atoms with Gasteiger partial charge in [0.15, 0.2) is 0 Å². The van der Waals surface area contributed by atoms with Crippen molar-refractivity contribution in [1.82, 2.24) is 10.2 Å². The summed E-state index contributed by atoms with van der Waals surface area (Å²) in [5.74, 6) is -0.0615. The minimum Gasteiger partial charge on any atom is -0.466 e. The van der Waals surface area contributed by atoms with Gasteiger partial charge < -0.3 is 15.0 Å². The number of nitrogens with one attached hydrogen (secondary N) is 1. The van der Waals surface area contributed by atoms with E-state index < -0.39 is 0 Å². The first-order valence-electron chi connectivity index (χ1n) is 7.83. The average Bonchev–Trinajstić information content (AvgIpc) is 2.40. The van der Waals surface area contributed by atoms with E-state index >= 15 is 0 Å². The number of nitrogens with zero attached hydrogens (tertiary/aromatic N) is 1. The van der Waals surface area contributed by atoms with E-state index in [9.17, 15) is 4.79 Å². The van der Waals surface area contributed by atoms with Crippen molar-refractivity contribution in [3.05, 3.63) is 0 Å². The molecule has 114 valence electrons. The van der Waals surface area contributed by atoms with Gasteiger partial charge in [0.05, 0.1) is 6.61 Å². The predicted molar refractivity (Wildman–Crippen MR) is 80.4 cm³/mol. The second kappa shape index (κ2) is 13.8. The minimum atomic E-state index is -0.0615. The molecule has 0 aromatic heterocycles. The van der Waals surface area contributed by atoms with Gasteiger partial charge in [-0.1, -0.05) is 20.3 Å². The molecule has 0 aliphatic carbocycles. The van der Waals surface area contributed by atoms with Gasteiger partial charge in [-0.05, 0) is 45.8 Å². The van der Waals surface area contributed by atoms with Crippen molar-refractivity contribution in [2.75, 3.05) is 39.3 Å². The van der Waals surface area contributed by atoms with Gasteiger partial charge in [-0.25, -0.2) is 0 Å². The second-order valence-corrected chi connectivity index (χ2v) is 4.80. The van der Waals surface area contributed by atoms with Gasteiger partial charge in [-0.15, -0.1) is 0 Å². The van der Waals surface area contributed by atoms with Crippen LogP contribution in [0.25, 0.3) is 0 Å². The maximum Gasteiger partial charge on any atom is 0.305 e. The van der Waals surface area contributed by atoms with Crippen LogP contribution in [0.3, 0.4) is 0 Å². The molecule has 4 nitrogen and oxygen atoms in total. The van der Waals surface area contributed by atoms with E-state index in [1.54, 1.807) is 0 Å². The zero-order valence-electron chi connectivity index (χ0n) is 13.0. The largest absolute Gasteiger partial charge is 0.466 e. The highest BCUT2D eigenvalue weighted by Crippen LogP contribution is 2.00. The van der Waals surface area contributed by atoms with Crippen molar-refractivity contribution in [2.45, 2.75) is 52.9 Å². The maximum atomic E-state index is 11.1. The lowest BCUT2D eigenvalue weighted by Gasteiger charge is -2.19. The molecule has 0 fully saturated rings. The lowest BCUT2D eigenvalue weighted by atomic mass is 10.2. The number of unbranched alkanes of at least 4 members (excludes halogenated alkanes) is 2. The molecule has 0 amide bonds. The van der Waals surface area contributed by atoms with Gasteiger partial charge in [0.1, 0.15) is 0 Å². The van der Waals surface area contributed by atoms with Gasteiger partial charge >= 0.3 is 5.97 Å². The molecule has 0 saturated carbocycles. The average molecular weight is 272 g/mol. The molecule has 0 radical (unpaired) electrons. The third-order valence-electron chi connectivity index (χ3n) is 3.13. The Bertz CT molecular complexity index is 210. The summed E-state index contributed by atoms with van der Waals surface area (Å²) in [6.45, 7) is 12.3. The van der Waals surface area contributed by atoms with Crippen molar-refractivity contribution < 1.29 is 9.53 Å². The predicted octanol–water partition coefficient (Wildman–Crippen LogP) is 2.43. The van der Waals surface area contributed by atoms with E-state index in [1.165, 1.54) is 13.0 Å². The van der Waals surface area contributed by atoms with Crippen molar-refractivity contribution in [1.29, 1.82) is 0 Å². The van der Waals surface area contributed by atoms with Gasteiger partial charge in [0.25, 0.3) is 0 Å². The number of carbonyl (C=O) groups excluding carboxylic acids is 1. The highest BCUT2D eigenvalue weighted by molar-refractivity contribution is 5.69. The summed E-state index contributed by atoms with van der Waals surface area (Å²) in [6, 6.07) is 0. The molecule has 0 heterocycles. The van der Waals surface area contributed by atoms with Crippen molar-refractivity contribution in [3.8, 4) is 0 Å². The third kappa shape index (κ3) is 12.2. The van der Waals surface area contributed by atoms with Crippen LogP contribution in [0.4, 0.5) is 0 Å². The summed E-state index contributed by atoms with van der Waals surface area (Å²) < 4.78 is 4.89. The second-order valence-electron chi connectivity index (χ2n) is 4.80. The summed E-state index contributed by atoms with van der Waals surface area (Å²) in [6.07, 6.45) is 4.96. The van der Waals surface area contributed by atoms with E-state index in [1.807, 2.05) is 6.92 Å². The fourth-order valence-electron chi connectivity index (χ4n) is 2.04. The minimum absolute atomic E-state index is 0.0615. The zero-order valence-corrected chi connectivity index (χ0v) is 13.0.